The van der Waals surface area contributed by atoms with Crippen molar-refractivity contribution in [3.63, 3.8) is 0 Å². The molecule has 3 nitrogen and oxygen atoms in total. The zero-order valence-corrected chi connectivity index (χ0v) is 14.2. The monoisotopic (exact) mass is 335 g/mol. The van der Waals surface area contributed by atoms with Crippen molar-refractivity contribution in [3.05, 3.63) is 45.7 Å². The molecule has 0 atom stereocenters. The van der Waals surface area contributed by atoms with Gasteiger partial charge in [0.2, 0.25) is 0 Å². The lowest BCUT2D eigenvalue weighted by Crippen LogP contribution is -2.18. The van der Waals surface area contributed by atoms with E-state index in [9.17, 15) is 0 Å². The number of nitrogens with zero attached hydrogens (tertiary/aromatic N) is 2. The number of nitrogens with one attached hydrogen (secondary N) is 1. The summed E-state index contributed by atoms with van der Waals surface area (Å²) in [5.74, 6) is 0.682. The highest BCUT2D eigenvalue weighted by Gasteiger charge is 2.09. The molecular weight excluding hydrogens is 314 g/mol. The largest absolute Gasteiger partial charge is 0.312 e. The summed E-state index contributed by atoms with van der Waals surface area (Å²) >= 11 is 3.57. The van der Waals surface area contributed by atoms with Crippen molar-refractivity contribution >= 4 is 15.9 Å². The summed E-state index contributed by atoms with van der Waals surface area (Å²) in [7, 11) is 0. The average Bonchev–Trinajstić information content (AvgIpc) is 2.67. The van der Waals surface area contributed by atoms with Gasteiger partial charge in [0.15, 0.2) is 0 Å². The zero-order valence-electron chi connectivity index (χ0n) is 12.6. The first-order chi connectivity index (χ1) is 9.49. The molecule has 1 heterocycles. The van der Waals surface area contributed by atoms with E-state index in [1.165, 1.54) is 5.56 Å². The quantitative estimate of drug-likeness (QED) is 0.894. The molecule has 0 saturated heterocycles. The SMILES string of the molecule is Cc1nn(-c2ccc(CNCC(C)C)cc2)c(C)c1Br. The van der Waals surface area contributed by atoms with Gasteiger partial charge in [0.1, 0.15) is 0 Å². The molecule has 0 unspecified atom stereocenters. The van der Waals surface area contributed by atoms with Gasteiger partial charge >= 0.3 is 0 Å². The fraction of sp³-hybridized carbons (Fsp3) is 0.438. The zero-order chi connectivity index (χ0) is 14.7. The second-order valence-electron chi connectivity index (χ2n) is 5.59. The third kappa shape index (κ3) is 3.49. The Labute approximate surface area is 129 Å². The number of aromatic nitrogens is 2. The minimum Gasteiger partial charge on any atom is -0.312 e. The van der Waals surface area contributed by atoms with E-state index in [-0.39, 0.29) is 0 Å². The summed E-state index contributed by atoms with van der Waals surface area (Å²) in [5.41, 5.74) is 4.55. The van der Waals surface area contributed by atoms with Gasteiger partial charge in [0.05, 0.1) is 21.5 Å². The van der Waals surface area contributed by atoms with Gasteiger partial charge in [-0.05, 0) is 59.9 Å². The van der Waals surface area contributed by atoms with Gasteiger partial charge in [-0.15, -0.1) is 0 Å². The molecule has 0 fully saturated rings. The van der Waals surface area contributed by atoms with Crippen molar-refractivity contribution in [2.24, 2.45) is 5.92 Å². The number of hydrogen-bond donors (Lipinski definition) is 1. The van der Waals surface area contributed by atoms with Gasteiger partial charge in [-0.25, -0.2) is 4.68 Å². The van der Waals surface area contributed by atoms with Gasteiger partial charge in [-0.3, -0.25) is 0 Å². The molecule has 0 radical (unpaired) electrons. The van der Waals surface area contributed by atoms with Crippen molar-refractivity contribution < 1.29 is 0 Å². The van der Waals surface area contributed by atoms with Crippen LogP contribution in [0.25, 0.3) is 5.69 Å². The Hall–Kier alpha value is -1.13. The van der Waals surface area contributed by atoms with Gasteiger partial charge in [-0.2, -0.15) is 5.10 Å². The highest BCUT2D eigenvalue weighted by molar-refractivity contribution is 9.10. The van der Waals surface area contributed by atoms with Crippen LogP contribution in [-0.4, -0.2) is 16.3 Å². The number of halogens is 1. The molecule has 1 aromatic carbocycles. The van der Waals surface area contributed by atoms with Crippen molar-refractivity contribution in [1.29, 1.82) is 0 Å². The van der Waals surface area contributed by atoms with Crippen LogP contribution in [0.15, 0.2) is 28.7 Å². The molecule has 1 aromatic heterocycles. The molecule has 0 aliphatic carbocycles. The van der Waals surface area contributed by atoms with Crippen molar-refractivity contribution in [1.82, 2.24) is 15.1 Å². The maximum atomic E-state index is 4.55. The van der Waals surface area contributed by atoms with E-state index in [1.807, 2.05) is 11.6 Å². The van der Waals surface area contributed by atoms with Crippen molar-refractivity contribution in [2.75, 3.05) is 6.54 Å². The lowest BCUT2D eigenvalue weighted by Gasteiger charge is -2.09. The third-order valence-electron chi connectivity index (χ3n) is 3.27. The van der Waals surface area contributed by atoms with E-state index < -0.39 is 0 Å². The number of rotatable bonds is 5. The molecule has 0 bridgehead atoms. The summed E-state index contributed by atoms with van der Waals surface area (Å²) in [6.45, 7) is 10.5. The third-order valence-corrected chi connectivity index (χ3v) is 4.41. The Bertz CT molecular complexity index is 570. The lowest BCUT2D eigenvalue weighted by molar-refractivity contribution is 0.552. The Morgan fingerprint density at radius 1 is 1.20 bits per heavy atom. The minimum atomic E-state index is 0.682. The number of hydrogen-bond acceptors (Lipinski definition) is 2. The molecule has 2 rings (SSSR count). The van der Waals surface area contributed by atoms with Crippen LogP contribution >= 0.6 is 15.9 Å². The highest BCUT2D eigenvalue weighted by Crippen LogP contribution is 2.23. The summed E-state index contributed by atoms with van der Waals surface area (Å²) in [5, 5.41) is 8.00. The molecular formula is C16H22BrN3. The second-order valence-corrected chi connectivity index (χ2v) is 6.38. The highest BCUT2D eigenvalue weighted by atomic mass is 79.9. The first-order valence-corrected chi connectivity index (χ1v) is 7.80. The lowest BCUT2D eigenvalue weighted by atomic mass is 10.2. The topological polar surface area (TPSA) is 29.9 Å². The van der Waals surface area contributed by atoms with Crippen LogP contribution in [0.5, 0.6) is 0 Å². The maximum absolute atomic E-state index is 4.55. The van der Waals surface area contributed by atoms with E-state index >= 15 is 0 Å². The molecule has 0 amide bonds. The van der Waals surface area contributed by atoms with Gasteiger partial charge in [0.25, 0.3) is 0 Å². The predicted octanol–water partition coefficient (Wildman–Crippen LogP) is 4.00. The van der Waals surface area contributed by atoms with E-state index in [1.54, 1.807) is 0 Å². The predicted molar refractivity (Wildman–Crippen MR) is 87.3 cm³/mol. The normalized spacial score (nSPS) is 11.3. The molecule has 2 aromatic rings. The Balaban J connectivity index is 2.10. The Morgan fingerprint density at radius 2 is 1.85 bits per heavy atom. The smallest absolute Gasteiger partial charge is 0.0743 e. The molecule has 0 aliphatic heterocycles. The molecule has 108 valence electrons. The van der Waals surface area contributed by atoms with E-state index in [0.29, 0.717) is 5.92 Å². The molecule has 0 saturated carbocycles. The summed E-state index contributed by atoms with van der Waals surface area (Å²) < 4.78 is 3.06. The fourth-order valence-electron chi connectivity index (χ4n) is 2.14. The second kappa shape index (κ2) is 6.55. The minimum absolute atomic E-state index is 0.682. The van der Waals surface area contributed by atoms with Gasteiger partial charge < -0.3 is 5.32 Å². The van der Waals surface area contributed by atoms with Crippen molar-refractivity contribution in [3.8, 4) is 5.69 Å². The van der Waals surface area contributed by atoms with Crippen LogP contribution < -0.4 is 5.32 Å². The summed E-state index contributed by atoms with van der Waals surface area (Å²) in [4.78, 5) is 0. The van der Waals surface area contributed by atoms with Crippen LogP contribution in [0.1, 0.15) is 30.8 Å². The Kier molecular flexibility index (Phi) is 5.00. The molecule has 0 spiro atoms. The molecule has 4 heteroatoms. The summed E-state index contributed by atoms with van der Waals surface area (Å²) in [6, 6.07) is 8.57. The van der Waals surface area contributed by atoms with Crippen LogP contribution in [0.3, 0.4) is 0 Å². The first kappa shape index (κ1) is 15.3. The van der Waals surface area contributed by atoms with E-state index in [2.05, 4.69) is 71.4 Å². The van der Waals surface area contributed by atoms with E-state index in [0.717, 1.165) is 34.6 Å². The van der Waals surface area contributed by atoms with Crippen LogP contribution in [0.4, 0.5) is 0 Å². The molecule has 20 heavy (non-hydrogen) atoms. The first-order valence-electron chi connectivity index (χ1n) is 7.00. The standard InChI is InChI=1S/C16H22BrN3/c1-11(2)9-18-10-14-5-7-15(8-6-14)20-13(4)16(17)12(3)19-20/h5-8,11,18H,9-10H2,1-4H3. The number of aryl methyl sites for hydroxylation is 1. The Morgan fingerprint density at radius 3 is 2.35 bits per heavy atom. The van der Waals surface area contributed by atoms with E-state index in [4.69, 9.17) is 0 Å². The average molecular weight is 336 g/mol. The summed E-state index contributed by atoms with van der Waals surface area (Å²) in [6.07, 6.45) is 0. The van der Waals surface area contributed by atoms with Crippen LogP contribution in [0.2, 0.25) is 0 Å². The van der Waals surface area contributed by atoms with Crippen LogP contribution in [-0.2, 0) is 6.54 Å². The maximum Gasteiger partial charge on any atom is 0.0743 e. The molecule has 0 aliphatic rings. The van der Waals surface area contributed by atoms with Gasteiger partial charge in [-0.1, -0.05) is 26.0 Å². The number of benzene rings is 1. The fourth-order valence-corrected chi connectivity index (χ4v) is 2.38. The van der Waals surface area contributed by atoms with Crippen LogP contribution in [0, 0.1) is 19.8 Å². The van der Waals surface area contributed by atoms with Crippen molar-refractivity contribution in [2.45, 2.75) is 34.2 Å². The molecule has 1 N–H and O–H groups in total. The van der Waals surface area contributed by atoms with Gasteiger partial charge in [0, 0.05) is 6.54 Å².